The fraction of sp³-hybridized carbons (Fsp3) is 0.292. The zero-order chi connectivity index (χ0) is 22.3. The van der Waals surface area contributed by atoms with Gasteiger partial charge in [-0.05, 0) is 91.8 Å². The summed E-state index contributed by atoms with van der Waals surface area (Å²) in [5.41, 5.74) is 5.93. The highest BCUT2D eigenvalue weighted by Crippen LogP contribution is 2.29. The molecule has 7 heteroatoms. The molecule has 0 spiro atoms. The molecule has 0 bridgehead atoms. The minimum absolute atomic E-state index is 0.164. The summed E-state index contributed by atoms with van der Waals surface area (Å²) < 4.78 is 34.5. The normalized spacial score (nSPS) is 13.7. The van der Waals surface area contributed by atoms with Crippen LogP contribution in [0.2, 0.25) is 0 Å². The van der Waals surface area contributed by atoms with Gasteiger partial charge in [-0.3, -0.25) is 9.52 Å². The Morgan fingerprint density at radius 3 is 2.35 bits per heavy atom. The van der Waals surface area contributed by atoms with Crippen LogP contribution in [0.1, 0.15) is 43.9 Å². The Balaban J connectivity index is 1.62. The Hall–Kier alpha value is -3.06. The third kappa shape index (κ3) is 3.97. The quantitative estimate of drug-likeness (QED) is 0.650. The first-order valence-corrected chi connectivity index (χ1v) is 11.7. The van der Waals surface area contributed by atoms with Crippen LogP contribution in [-0.2, 0) is 23.0 Å². The second-order valence-electron chi connectivity index (χ2n) is 8.13. The third-order valence-electron chi connectivity index (χ3n) is 6.06. The maximum atomic E-state index is 13.3. The average molecular weight is 439 g/mol. The number of carbonyl (C=O) groups is 1. The summed E-state index contributed by atoms with van der Waals surface area (Å²) in [4.78, 5) is 14.7. The molecular weight excluding hydrogens is 412 g/mol. The van der Waals surface area contributed by atoms with Crippen molar-refractivity contribution in [2.45, 2.75) is 45.6 Å². The second-order valence-corrected chi connectivity index (χ2v) is 9.75. The average Bonchev–Trinajstić information content (AvgIpc) is 3.26. The maximum absolute atomic E-state index is 13.3. The first kappa shape index (κ1) is 21.2. The Kier molecular flexibility index (Phi) is 5.39. The Labute approximate surface area is 182 Å². The highest BCUT2D eigenvalue weighted by molar-refractivity contribution is 7.92. The number of nitrogens with one attached hydrogen (secondary N) is 1. The van der Waals surface area contributed by atoms with Crippen LogP contribution in [0.25, 0.3) is 0 Å². The molecule has 1 aliphatic rings. The van der Waals surface area contributed by atoms with Crippen molar-refractivity contribution in [3.63, 3.8) is 0 Å². The van der Waals surface area contributed by atoms with Gasteiger partial charge in [0, 0.05) is 18.8 Å². The number of hydrogen-bond donors (Lipinski definition) is 1. The van der Waals surface area contributed by atoms with E-state index < -0.39 is 10.0 Å². The van der Waals surface area contributed by atoms with Crippen molar-refractivity contribution in [2.24, 2.45) is 0 Å². The molecule has 6 nitrogen and oxygen atoms in total. The lowest BCUT2D eigenvalue weighted by molar-refractivity contribution is 0.0702. The van der Waals surface area contributed by atoms with E-state index in [0.717, 1.165) is 33.4 Å². The van der Waals surface area contributed by atoms with Crippen LogP contribution in [0.15, 0.2) is 52.0 Å². The van der Waals surface area contributed by atoms with Crippen LogP contribution in [0.3, 0.4) is 0 Å². The van der Waals surface area contributed by atoms with E-state index in [1.807, 2.05) is 45.9 Å². The molecular formula is C24H26N2O4S. The highest BCUT2D eigenvalue weighted by atomic mass is 32.2. The van der Waals surface area contributed by atoms with Gasteiger partial charge >= 0.3 is 0 Å². The van der Waals surface area contributed by atoms with E-state index in [1.165, 1.54) is 6.26 Å². The van der Waals surface area contributed by atoms with Crippen LogP contribution in [-0.4, -0.2) is 25.8 Å². The van der Waals surface area contributed by atoms with Gasteiger partial charge in [-0.1, -0.05) is 12.1 Å². The van der Waals surface area contributed by atoms with Gasteiger partial charge in [0.05, 0.1) is 11.2 Å². The molecule has 0 saturated carbocycles. The molecule has 1 N–H and O–H groups in total. The fourth-order valence-corrected chi connectivity index (χ4v) is 5.81. The number of benzene rings is 2. The lowest BCUT2D eigenvalue weighted by Crippen LogP contribution is -2.35. The smallest absolute Gasteiger partial charge is 0.289 e. The number of fused-ring (bicyclic) bond motifs is 1. The molecule has 0 saturated heterocycles. The summed E-state index contributed by atoms with van der Waals surface area (Å²) in [6, 6.07) is 10.9. The number of furan rings is 1. The molecule has 0 fully saturated rings. The van der Waals surface area contributed by atoms with Gasteiger partial charge < -0.3 is 9.32 Å². The van der Waals surface area contributed by atoms with Crippen LogP contribution in [0.5, 0.6) is 0 Å². The van der Waals surface area contributed by atoms with Gasteiger partial charge in [-0.15, -0.1) is 0 Å². The zero-order valence-electron chi connectivity index (χ0n) is 18.2. The Morgan fingerprint density at radius 1 is 1.00 bits per heavy atom. The molecule has 0 atom stereocenters. The van der Waals surface area contributed by atoms with Gasteiger partial charge in [-0.25, -0.2) is 8.42 Å². The number of carbonyl (C=O) groups excluding carboxylic acids is 1. The van der Waals surface area contributed by atoms with E-state index in [0.29, 0.717) is 35.9 Å². The van der Waals surface area contributed by atoms with Crippen molar-refractivity contribution in [3.05, 3.63) is 81.8 Å². The number of sulfonamides is 1. The maximum Gasteiger partial charge on any atom is 0.289 e. The van der Waals surface area contributed by atoms with Crippen molar-refractivity contribution >= 4 is 21.6 Å². The molecule has 1 aromatic heterocycles. The molecule has 2 heterocycles. The van der Waals surface area contributed by atoms with Crippen molar-refractivity contribution in [1.82, 2.24) is 4.90 Å². The SMILES string of the molecule is Cc1cc(C)c(C)c(S(=O)(=O)Nc2ccc3c(c2)CN(C(=O)c2ccco2)CC3)c1C. The summed E-state index contributed by atoms with van der Waals surface area (Å²) >= 11 is 0. The topological polar surface area (TPSA) is 79.6 Å². The lowest BCUT2D eigenvalue weighted by atomic mass is 9.99. The number of hydrogen-bond acceptors (Lipinski definition) is 4. The van der Waals surface area contributed by atoms with Gasteiger partial charge in [-0.2, -0.15) is 0 Å². The second kappa shape index (κ2) is 7.89. The Bertz CT molecular complexity index is 1230. The number of aryl methyl sites for hydroxylation is 2. The summed E-state index contributed by atoms with van der Waals surface area (Å²) in [5, 5.41) is 0. The predicted molar refractivity (Wildman–Crippen MR) is 120 cm³/mol. The van der Waals surface area contributed by atoms with Gasteiger partial charge in [0.25, 0.3) is 15.9 Å². The zero-order valence-corrected chi connectivity index (χ0v) is 19.0. The number of nitrogens with zero attached hydrogens (tertiary/aromatic N) is 1. The minimum atomic E-state index is -3.76. The molecule has 3 aromatic rings. The van der Waals surface area contributed by atoms with Gasteiger partial charge in [0.2, 0.25) is 0 Å². The molecule has 1 amide bonds. The van der Waals surface area contributed by atoms with E-state index in [4.69, 9.17) is 4.42 Å². The monoisotopic (exact) mass is 438 g/mol. The first-order chi connectivity index (χ1) is 14.7. The third-order valence-corrected chi connectivity index (χ3v) is 7.71. The van der Waals surface area contributed by atoms with Crippen LogP contribution < -0.4 is 4.72 Å². The number of amides is 1. The van der Waals surface area contributed by atoms with Crippen molar-refractivity contribution in [1.29, 1.82) is 0 Å². The van der Waals surface area contributed by atoms with E-state index in [1.54, 1.807) is 23.1 Å². The molecule has 2 aromatic carbocycles. The molecule has 162 valence electrons. The number of anilines is 1. The number of rotatable bonds is 4. The molecule has 0 unspecified atom stereocenters. The van der Waals surface area contributed by atoms with Crippen LogP contribution in [0.4, 0.5) is 5.69 Å². The largest absolute Gasteiger partial charge is 0.459 e. The lowest BCUT2D eigenvalue weighted by Gasteiger charge is -2.28. The summed E-state index contributed by atoms with van der Waals surface area (Å²) in [5.74, 6) is 0.143. The van der Waals surface area contributed by atoms with E-state index in [-0.39, 0.29) is 5.91 Å². The molecule has 31 heavy (non-hydrogen) atoms. The predicted octanol–water partition coefficient (Wildman–Crippen LogP) is 4.51. The van der Waals surface area contributed by atoms with Gasteiger partial charge in [0.1, 0.15) is 0 Å². The molecule has 0 radical (unpaired) electrons. The summed E-state index contributed by atoms with van der Waals surface area (Å²) in [6.45, 7) is 8.52. The van der Waals surface area contributed by atoms with Crippen LogP contribution >= 0.6 is 0 Å². The van der Waals surface area contributed by atoms with Gasteiger partial charge in [0.15, 0.2) is 5.76 Å². The fourth-order valence-electron chi connectivity index (χ4n) is 4.14. The summed E-state index contributed by atoms with van der Waals surface area (Å²) in [7, 11) is -3.76. The van der Waals surface area contributed by atoms with Crippen molar-refractivity contribution in [2.75, 3.05) is 11.3 Å². The molecule has 0 aliphatic carbocycles. The summed E-state index contributed by atoms with van der Waals surface area (Å²) in [6.07, 6.45) is 2.19. The standard InChI is InChI=1S/C24H26N2O4S/c1-15-12-16(2)18(4)23(17(15)3)31(28,29)25-21-8-7-19-9-10-26(14-20(19)13-21)24(27)22-6-5-11-30-22/h5-8,11-13,25H,9-10,14H2,1-4H3. The van der Waals surface area contributed by atoms with E-state index >= 15 is 0 Å². The minimum Gasteiger partial charge on any atom is -0.459 e. The van der Waals surface area contributed by atoms with E-state index in [2.05, 4.69) is 4.72 Å². The highest BCUT2D eigenvalue weighted by Gasteiger charge is 2.25. The molecule has 4 rings (SSSR count). The molecule has 1 aliphatic heterocycles. The van der Waals surface area contributed by atoms with Crippen LogP contribution in [0, 0.1) is 27.7 Å². The first-order valence-electron chi connectivity index (χ1n) is 10.2. The van der Waals surface area contributed by atoms with Crippen molar-refractivity contribution < 1.29 is 17.6 Å². The Morgan fingerprint density at radius 2 is 1.71 bits per heavy atom. The van der Waals surface area contributed by atoms with E-state index in [9.17, 15) is 13.2 Å². The van der Waals surface area contributed by atoms with Crippen molar-refractivity contribution in [3.8, 4) is 0 Å².